The highest BCUT2D eigenvalue weighted by Gasteiger charge is 2.05. The normalized spacial score (nSPS) is 12.2. The Morgan fingerprint density at radius 3 is 2.94 bits per heavy atom. The average molecular weight is 347 g/mol. The maximum absolute atomic E-state index is 11.6. The Bertz CT molecular complexity index is 368. The zero-order valence-electron chi connectivity index (χ0n) is 9.95. The molecule has 0 aliphatic rings. The van der Waals surface area contributed by atoms with Crippen LogP contribution in [0.1, 0.15) is 25.3 Å². The Labute approximate surface area is 116 Å². The van der Waals surface area contributed by atoms with Crippen LogP contribution in [0.5, 0.6) is 0 Å². The summed E-state index contributed by atoms with van der Waals surface area (Å²) in [5, 5.41) is 12.2. The molecular weight excluding hydrogens is 329 g/mol. The third kappa shape index (κ3) is 6.02. The number of halogens is 1. The molecule has 0 saturated heterocycles. The van der Waals surface area contributed by atoms with E-state index in [1.165, 1.54) is 0 Å². The van der Waals surface area contributed by atoms with E-state index in [-0.39, 0.29) is 12.0 Å². The average Bonchev–Trinajstić information content (AvgIpc) is 2.28. The summed E-state index contributed by atoms with van der Waals surface area (Å²) in [6.07, 6.45) is 1.44. The number of hydrogen-bond acceptors (Lipinski definition) is 2. The number of hydrogen-bond donors (Lipinski definition) is 2. The van der Waals surface area contributed by atoms with Crippen LogP contribution in [0.3, 0.4) is 0 Å². The highest BCUT2D eigenvalue weighted by Crippen LogP contribution is 2.08. The summed E-state index contributed by atoms with van der Waals surface area (Å²) in [5.74, 6) is 0.00954. The van der Waals surface area contributed by atoms with Crippen molar-refractivity contribution in [2.75, 3.05) is 6.54 Å². The summed E-state index contributed by atoms with van der Waals surface area (Å²) < 4.78 is 1.13. The van der Waals surface area contributed by atoms with E-state index in [0.717, 1.165) is 15.6 Å². The molecule has 1 aromatic carbocycles. The highest BCUT2D eigenvalue weighted by atomic mass is 127. The van der Waals surface area contributed by atoms with Gasteiger partial charge in [-0.2, -0.15) is 0 Å². The van der Waals surface area contributed by atoms with E-state index in [1.807, 2.05) is 31.2 Å². The van der Waals surface area contributed by atoms with Gasteiger partial charge in [-0.25, -0.2) is 0 Å². The molecule has 1 unspecified atom stereocenters. The Morgan fingerprint density at radius 1 is 1.53 bits per heavy atom. The van der Waals surface area contributed by atoms with Crippen molar-refractivity contribution in [1.82, 2.24) is 5.32 Å². The van der Waals surface area contributed by atoms with E-state index >= 15 is 0 Å². The summed E-state index contributed by atoms with van der Waals surface area (Å²) in [6, 6.07) is 7.90. The van der Waals surface area contributed by atoms with Crippen molar-refractivity contribution >= 4 is 28.5 Å². The van der Waals surface area contributed by atoms with Crippen molar-refractivity contribution in [3.63, 3.8) is 0 Å². The number of rotatable bonds is 6. The lowest BCUT2D eigenvalue weighted by Gasteiger charge is -2.09. The predicted molar refractivity (Wildman–Crippen MR) is 76.8 cm³/mol. The van der Waals surface area contributed by atoms with Crippen LogP contribution in [0.4, 0.5) is 0 Å². The summed E-state index contributed by atoms with van der Waals surface area (Å²) in [6.45, 7) is 2.47. The molecule has 2 N–H and O–H groups in total. The maximum Gasteiger partial charge on any atom is 0.224 e. The minimum absolute atomic E-state index is 0.00954. The second-order valence-corrected chi connectivity index (χ2v) is 5.25. The SMILES string of the molecule is CCC(O)CCNC(=O)Cc1cccc(I)c1. The van der Waals surface area contributed by atoms with E-state index in [2.05, 4.69) is 27.9 Å². The third-order valence-corrected chi connectivity index (χ3v) is 3.20. The number of aliphatic hydroxyl groups is 1. The first-order valence-corrected chi connectivity index (χ1v) is 6.89. The molecular formula is C13H18INO2. The molecule has 0 aliphatic carbocycles. The smallest absolute Gasteiger partial charge is 0.224 e. The van der Waals surface area contributed by atoms with Crippen LogP contribution < -0.4 is 5.32 Å². The van der Waals surface area contributed by atoms with Gasteiger partial charge < -0.3 is 10.4 Å². The standard InChI is InChI=1S/C13H18INO2/c1-2-12(16)6-7-15-13(17)9-10-4-3-5-11(14)8-10/h3-5,8,12,16H,2,6-7,9H2,1H3,(H,15,17). The van der Waals surface area contributed by atoms with Gasteiger partial charge in [-0.3, -0.25) is 4.79 Å². The summed E-state index contributed by atoms with van der Waals surface area (Å²) in [7, 11) is 0. The van der Waals surface area contributed by atoms with Crippen LogP contribution in [0.15, 0.2) is 24.3 Å². The van der Waals surface area contributed by atoms with Crippen LogP contribution in [0, 0.1) is 3.57 Å². The van der Waals surface area contributed by atoms with Crippen LogP contribution in [0.25, 0.3) is 0 Å². The molecule has 0 aliphatic heterocycles. The fraction of sp³-hybridized carbons (Fsp3) is 0.462. The summed E-state index contributed by atoms with van der Waals surface area (Å²) in [4.78, 5) is 11.6. The lowest BCUT2D eigenvalue weighted by Crippen LogP contribution is -2.28. The van der Waals surface area contributed by atoms with Crippen LogP contribution >= 0.6 is 22.6 Å². The first kappa shape index (κ1) is 14.4. The second-order valence-electron chi connectivity index (χ2n) is 4.01. The van der Waals surface area contributed by atoms with Crippen molar-refractivity contribution in [1.29, 1.82) is 0 Å². The highest BCUT2D eigenvalue weighted by molar-refractivity contribution is 14.1. The Morgan fingerprint density at radius 2 is 2.29 bits per heavy atom. The number of amides is 1. The minimum Gasteiger partial charge on any atom is -0.393 e. The third-order valence-electron chi connectivity index (χ3n) is 2.52. The van der Waals surface area contributed by atoms with Crippen molar-refractivity contribution in [3.8, 4) is 0 Å². The fourth-order valence-electron chi connectivity index (χ4n) is 1.48. The molecule has 3 nitrogen and oxygen atoms in total. The molecule has 1 rings (SSSR count). The lowest BCUT2D eigenvalue weighted by atomic mass is 10.1. The predicted octanol–water partition coefficient (Wildman–Crippen LogP) is 2.11. The zero-order valence-corrected chi connectivity index (χ0v) is 12.1. The number of aliphatic hydroxyl groups excluding tert-OH is 1. The number of benzene rings is 1. The van der Waals surface area contributed by atoms with Gasteiger partial charge in [0, 0.05) is 10.1 Å². The van der Waals surface area contributed by atoms with E-state index in [0.29, 0.717) is 19.4 Å². The van der Waals surface area contributed by atoms with Gasteiger partial charge in [0.25, 0.3) is 0 Å². The van der Waals surface area contributed by atoms with Gasteiger partial charge in [0.15, 0.2) is 0 Å². The molecule has 4 heteroatoms. The number of carbonyl (C=O) groups is 1. The number of carbonyl (C=O) groups excluding carboxylic acids is 1. The van der Waals surface area contributed by atoms with E-state index in [4.69, 9.17) is 0 Å². The van der Waals surface area contributed by atoms with E-state index < -0.39 is 0 Å². The minimum atomic E-state index is -0.312. The van der Waals surface area contributed by atoms with Crippen molar-refractivity contribution in [2.24, 2.45) is 0 Å². The van der Waals surface area contributed by atoms with Crippen molar-refractivity contribution < 1.29 is 9.90 Å². The Hall–Kier alpha value is -0.620. The topological polar surface area (TPSA) is 49.3 Å². The molecule has 0 heterocycles. The summed E-state index contributed by atoms with van der Waals surface area (Å²) >= 11 is 2.23. The monoisotopic (exact) mass is 347 g/mol. The van der Waals surface area contributed by atoms with Crippen molar-refractivity contribution in [2.45, 2.75) is 32.3 Å². The van der Waals surface area contributed by atoms with Gasteiger partial charge in [0.05, 0.1) is 12.5 Å². The fourth-order valence-corrected chi connectivity index (χ4v) is 2.08. The van der Waals surface area contributed by atoms with Crippen LogP contribution in [-0.4, -0.2) is 23.7 Å². The van der Waals surface area contributed by atoms with Crippen LogP contribution in [0.2, 0.25) is 0 Å². The molecule has 0 spiro atoms. The van der Waals surface area contributed by atoms with Gasteiger partial charge in [-0.15, -0.1) is 0 Å². The Kier molecular flexibility index (Phi) is 6.50. The Balaban J connectivity index is 2.30. The molecule has 94 valence electrons. The first-order valence-electron chi connectivity index (χ1n) is 5.81. The van der Waals surface area contributed by atoms with Gasteiger partial charge >= 0.3 is 0 Å². The van der Waals surface area contributed by atoms with Gasteiger partial charge in [-0.1, -0.05) is 19.1 Å². The number of nitrogens with one attached hydrogen (secondary N) is 1. The lowest BCUT2D eigenvalue weighted by molar-refractivity contribution is -0.120. The molecule has 0 aromatic heterocycles. The van der Waals surface area contributed by atoms with Gasteiger partial charge in [0.1, 0.15) is 0 Å². The van der Waals surface area contributed by atoms with Gasteiger partial charge in [-0.05, 0) is 53.1 Å². The zero-order chi connectivity index (χ0) is 12.7. The molecule has 1 amide bonds. The molecule has 17 heavy (non-hydrogen) atoms. The first-order chi connectivity index (χ1) is 8.11. The molecule has 1 aromatic rings. The molecule has 0 fully saturated rings. The molecule has 0 radical (unpaired) electrons. The summed E-state index contributed by atoms with van der Waals surface area (Å²) in [5.41, 5.74) is 1.02. The second kappa shape index (κ2) is 7.66. The molecule has 0 saturated carbocycles. The van der Waals surface area contributed by atoms with Crippen molar-refractivity contribution in [3.05, 3.63) is 33.4 Å². The largest absolute Gasteiger partial charge is 0.393 e. The van der Waals surface area contributed by atoms with Crippen LogP contribution in [-0.2, 0) is 11.2 Å². The maximum atomic E-state index is 11.6. The van der Waals surface area contributed by atoms with E-state index in [1.54, 1.807) is 0 Å². The molecule has 0 bridgehead atoms. The molecule has 1 atom stereocenters. The quantitative estimate of drug-likeness (QED) is 0.775. The van der Waals surface area contributed by atoms with Gasteiger partial charge in [0.2, 0.25) is 5.91 Å². The van der Waals surface area contributed by atoms with E-state index in [9.17, 15) is 9.90 Å².